The van der Waals surface area contributed by atoms with Crippen LogP contribution in [0.5, 0.6) is 0 Å². The number of aromatic nitrogens is 1. The molecule has 7 atom stereocenters. The molecule has 10 nitrogen and oxygen atoms in total. The molecule has 3 rings (SSSR count). The highest BCUT2D eigenvalue weighted by Crippen LogP contribution is 2.31. The van der Waals surface area contributed by atoms with Crippen LogP contribution in [0.1, 0.15) is 24.3 Å². The lowest BCUT2D eigenvalue weighted by Crippen LogP contribution is -2.65. The normalized spacial score (nSPS) is 37.8. The lowest BCUT2D eigenvalue weighted by Gasteiger charge is -2.37. The van der Waals surface area contributed by atoms with E-state index in [0.717, 1.165) is 0 Å². The van der Waals surface area contributed by atoms with Gasteiger partial charge in [-0.25, -0.2) is 0 Å². The van der Waals surface area contributed by atoms with E-state index in [4.69, 9.17) is 4.74 Å². The Morgan fingerprint density at radius 3 is 2.54 bits per heavy atom. The van der Waals surface area contributed by atoms with Crippen LogP contribution in [0.15, 0.2) is 24.5 Å². The number of hydrogen-bond acceptors (Lipinski definition) is 8. The molecule has 142 valence electrons. The molecule has 0 unspecified atom stereocenters. The predicted octanol–water partition coefficient (Wildman–Crippen LogP) is -4.03. The summed E-state index contributed by atoms with van der Waals surface area (Å²) in [6.45, 7) is 0. The number of likely N-dealkylation sites (tertiary alicyclic amines) is 1. The molecule has 1 aromatic rings. The predicted molar refractivity (Wildman–Crippen MR) is 79.7 cm³/mol. The first-order chi connectivity index (χ1) is 12.2. The number of ether oxygens (including phenoxy) is 1. The van der Waals surface area contributed by atoms with Gasteiger partial charge in [0.15, 0.2) is 18.5 Å². The second-order valence-corrected chi connectivity index (χ2v) is 6.54. The molecule has 2 saturated heterocycles. The van der Waals surface area contributed by atoms with E-state index in [-0.39, 0.29) is 6.42 Å². The Labute approximate surface area is 148 Å². The highest BCUT2D eigenvalue weighted by Gasteiger charge is 2.49. The number of aliphatic carboxylic acids is 1. The summed E-state index contributed by atoms with van der Waals surface area (Å²) in [7, 11) is 1.55. The van der Waals surface area contributed by atoms with Crippen molar-refractivity contribution in [2.45, 2.75) is 49.2 Å². The number of likely N-dealkylation sites (N-methyl/N-ethyl adjacent to an activating group) is 1. The Bertz CT molecular complexity index is 713. The molecule has 1 amide bonds. The highest BCUT2D eigenvalue weighted by molar-refractivity contribution is 5.83. The molecule has 26 heavy (non-hydrogen) atoms. The molecular formula is C16H20N2O8. The number of rotatable bonds is 3. The van der Waals surface area contributed by atoms with Gasteiger partial charge in [-0.3, -0.25) is 4.79 Å². The Morgan fingerprint density at radius 1 is 1.27 bits per heavy atom. The average Bonchev–Trinajstić information content (AvgIpc) is 2.87. The molecule has 2 aliphatic rings. The van der Waals surface area contributed by atoms with Crippen molar-refractivity contribution >= 4 is 11.9 Å². The third kappa shape index (κ3) is 3.06. The van der Waals surface area contributed by atoms with Gasteiger partial charge in [-0.1, -0.05) is 0 Å². The Kier molecular flexibility index (Phi) is 4.95. The van der Waals surface area contributed by atoms with Gasteiger partial charge in [0.05, 0.1) is 12.0 Å². The number of carboxylic acid groups (broad SMARTS) is 1. The maximum absolute atomic E-state index is 11.8. The van der Waals surface area contributed by atoms with Crippen molar-refractivity contribution in [3.63, 3.8) is 0 Å². The maximum atomic E-state index is 11.8. The van der Waals surface area contributed by atoms with Gasteiger partial charge in [-0.15, -0.1) is 0 Å². The van der Waals surface area contributed by atoms with E-state index in [1.54, 1.807) is 19.2 Å². The van der Waals surface area contributed by atoms with E-state index in [1.807, 2.05) is 0 Å². The standard InChI is InChI=1S/C16H20N2O8/c1-17-8(5-9(19)14(17)23)7-3-2-4-18(6-7)15-12(22)10(20)11(21)13(26-15)16(24)25/h2-4,6,8-13,15,19-22H,5H2,1H3/t8-,9+,10+,11+,12-,13+,15-/m0/s1. The van der Waals surface area contributed by atoms with Gasteiger partial charge in [0, 0.05) is 25.1 Å². The zero-order chi connectivity index (χ0) is 19.2. The number of hydrogen-bond donors (Lipinski definition) is 4. The van der Waals surface area contributed by atoms with Gasteiger partial charge in [0.1, 0.15) is 24.4 Å². The molecule has 0 spiro atoms. The van der Waals surface area contributed by atoms with Crippen LogP contribution in [0.3, 0.4) is 0 Å². The van der Waals surface area contributed by atoms with E-state index in [1.165, 1.54) is 21.9 Å². The molecule has 0 aromatic carbocycles. The van der Waals surface area contributed by atoms with Crippen LogP contribution in [-0.4, -0.2) is 74.8 Å². The van der Waals surface area contributed by atoms with E-state index >= 15 is 0 Å². The van der Waals surface area contributed by atoms with Crippen LogP contribution < -0.4 is 9.67 Å². The molecule has 0 bridgehead atoms. The molecule has 10 heteroatoms. The zero-order valence-electron chi connectivity index (χ0n) is 13.9. The summed E-state index contributed by atoms with van der Waals surface area (Å²) in [4.78, 5) is 24.3. The van der Waals surface area contributed by atoms with Gasteiger partial charge in [-0.05, 0) is 6.07 Å². The topological polar surface area (TPSA) is 154 Å². The Balaban J connectivity index is 1.90. The van der Waals surface area contributed by atoms with Crippen LogP contribution in [0, 0.1) is 0 Å². The molecule has 2 fully saturated rings. The fourth-order valence-corrected chi connectivity index (χ4v) is 3.39. The molecule has 0 saturated carbocycles. The van der Waals surface area contributed by atoms with Crippen LogP contribution in [0.25, 0.3) is 0 Å². The van der Waals surface area contributed by atoms with Crippen molar-refractivity contribution in [2.24, 2.45) is 0 Å². The third-order valence-corrected chi connectivity index (χ3v) is 4.89. The van der Waals surface area contributed by atoms with Gasteiger partial charge in [-0.2, -0.15) is 4.57 Å². The summed E-state index contributed by atoms with van der Waals surface area (Å²) in [5.41, 5.74) is 0.626. The fraction of sp³-hybridized carbons (Fsp3) is 0.562. The van der Waals surface area contributed by atoms with Gasteiger partial charge < -0.3 is 40.0 Å². The fourth-order valence-electron chi connectivity index (χ4n) is 3.39. The van der Waals surface area contributed by atoms with Crippen LogP contribution in [0.4, 0.5) is 0 Å². The third-order valence-electron chi connectivity index (χ3n) is 4.89. The lowest BCUT2D eigenvalue weighted by molar-refractivity contribution is -0.777. The summed E-state index contributed by atoms with van der Waals surface area (Å²) in [5.74, 6) is -2.12. The number of carbonyl (C=O) groups is 2. The molecule has 0 aliphatic carbocycles. The van der Waals surface area contributed by atoms with E-state index in [9.17, 15) is 35.1 Å². The molecule has 4 N–H and O–H groups in total. The number of aliphatic hydroxyl groups is 4. The molecule has 2 aliphatic heterocycles. The quantitative estimate of drug-likeness (QED) is 0.393. The minimum absolute atomic E-state index is 0.191. The minimum Gasteiger partial charge on any atom is -0.547 e. The van der Waals surface area contributed by atoms with Crippen molar-refractivity contribution in [1.82, 2.24) is 4.90 Å². The zero-order valence-corrected chi connectivity index (χ0v) is 13.9. The van der Waals surface area contributed by atoms with Crippen molar-refractivity contribution in [1.29, 1.82) is 0 Å². The molecule has 0 radical (unpaired) electrons. The molecule has 1 aromatic heterocycles. The first kappa shape index (κ1) is 18.7. The van der Waals surface area contributed by atoms with Crippen molar-refractivity contribution in [2.75, 3.05) is 7.05 Å². The maximum Gasteiger partial charge on any atom is 0.292 e. The average molecular weight is 368 g/mol. The molecule has 3 heterocycles. The van der Waals surface area contributed by atoms with Crippen molar-refractivity contribution in [3.8, 4) is 0 Å². The van der Waals surface area contributed by atoms with Crippen molar-refractivity contribution in [3.05, 3.63) is 30.1 Å². The summed E-state index contributed by atoms with van der Waals surface area (Å²) in [6, 6.07) is 2.90. The second-order valence-electron chi connectivity index (χ2n) is 6.54. The van der Waals surface area contributed by atoms with Crippen LogP contribution in [0.2, 0.25) is 0 Å². The van der Waals surface area contributed by atoms with E-state index in [2.05, 4.69) is 0 Å². The summed E-state index contributed by atoms with van der Waals surface area (Å²) < 4.78 is 6.57. The van der Waals surface area contributed by atoms with Gasteiger partial charge >= 0.3 is 0 Å². The minimum atomic E-state index is -1.83. The number of carbonyl (C=O) groups excluding carboxylic acids is 2. The summed E-state index contributed by atoms with van der Waals surface area (Å²) in [6.07, 6.45) is -6.16. The SMILES string of the molecule is CN1C(=O)[C@H](O)C[C@H]1c1ccc[n+]([C@H]2O[C@@H](C(=O)[O-])[C@H](O)[C@@H](O)[C@@H]2O)c1. The largest absolute Gasteiger partial charge is 0.547 e. The lowest BCUT2D eigenvalue weighted by atomic mass is 9.97. The first-order valence-corrected chi connectivity index (χ1v) is 8.08. The summed E-state index contributed by atoms with van der Waals surface area (Å²) >= 11 is 0. The van der Waals surface area contributed by atoms with Gasteiger partial charge in [0.2, 0.25) is 0 Å². The number of amides is 1. The van der Waals surface area contributed by atoms with Crippen molar-refractivity contribution < 1.29 is 44.4 Å². The van der Waals surface area contributed by atoms with Crippen LogP contribution in [-0.2, 0) is 14.3 Å². The highest BCUT2D eigenvalue weighted by atomic mass is 16.6. The number of nitrogens with zero attached hydrogens (tertiary/aromatic N) is 2. The number of pyridine rings is 1. The van der Waals surface area contributed by atoms with E-state index < -0.39 is 54.7 Å². The van der Waals surface area contributed by atoms with Gasteiger partial charge in [0.25, 0.3) is 12.1 Å². The monoisotopic (exact) mass is 368 g/mol. The number of carboxylic acids is 1. The summed E-state index contributed by atoms with van der Waals surface area (Å²) in [5, 5.41) is 50.7. The van der Waals surface area contributed by atoms with Crippen LogP contribution >= 0.6 is 0 Å². The Morgan fingerprint density at radius 2 is 1.96 bits per heavy atom. The second kappa shape index (κ2) is 6.89. The Hall–Kier alpha value is -2.11. The molecular weight excluding hydrogens is 348 g/mol. The van der Waals surface area contributed by atoms with E-state index in [0.29, 0.717) is 5.56 Å². The smallest absolute Gasteiger partial charge is 0.292 e. The number of aliphatic hydroxyl groups excluding tert-OH is 4. The first-order valence-electron chi connectivity index (χ1n) is 8.08.